The number of ether oxygens (including phenoxy) is 4. The van der Waals surface area contributed by atoms with Crippen molar-refractivity contribution in [1.82, 2.24) is 0 Å². The molecule has 1 heterocycles. The molecule has 2 atom stereocenters. The molecule has 0 aromatic heterocycles. The first-order valence-electron chi connectivity index (χ1n) is 7.32. The zero-order valence-corrected chi connectivity index (χ0v) is 14.0. The topological polar surface area (TPSA) is 54.0 Å². The molecule has 5 nitrogen and oxygen atoms in total. The molecular weight excluding hydrogens is 272 g/mol. The van der Waals surface area contributed by atoms with Crippen molar-refractivity contribution in [3.8, 4) is 0 Å². The molecule has 1 rings (SSSR count). The Hall–Kier alpha value is -1.07. The van der Waals surface area contributed by atoms with E-state index in [0.29, 0.717) is 18.8 Å². The first-order chi connectivity index (χ1) is 9.47. The molecule has 21 heavy (non-hydrogen) atoms. The van der Waals surface area contributed by atoms with E-state index in [1.165, 1.54) is 0 Å². The molecule has 0 amide bonds. The lowest BCUT2D eigenvalue weighted by Gasteiger charge is -2.40. The Morgan fingerprint density at radius 3 is 2.38 bits per heavy atom. The second kappa shape index (κ2) is 6.79. The molecule has 0 aromatic carbocycles. The summed E-state index contributed by atoms with van der Waals surface area (Å²) in [7, 11) is 0. The molecule has 122 valence electrons. The summed E-state index contributed by atoms with van der Waals surface area (Å²) in [5.41, 5.74) is -0.486. The zero-order chi connectivity index (χ0) is 16.3. The third-order valence-corrected chi connectivity index (χ3v) is 2.76. The molecule has 0 bridgehead atoms. The van der Waals surface area contributed by atoms with Crippen molar-refractivity contribution in [2.75, 3.05) is 6.61 Å². The minimum atomic E-state index is -0.742. The lowest BCUT2D eigenvalue weighted by atomic mass is 10.1. The summed E-state index contributed by atoms with van der Waals surface area (Å²) in [4.78, 5) is 11.9. The van der Waals surface area contributed by atoms with Gasteiger partial charge in [0.05, 0.1) is 24.4 Å². The quantitative estimate of drug-likeness (QED) is 0.576. The smallest absolute Gasteiger partial charge is 0.308 e. The first-order valence-corrected chi connectivity index (χ1v) is 7.32. The standard InChI is InChI=1S/C16H28O5/c1-11(2)18-10-13-8-12(19-16(6,7)20-13)9-14(17)21-15(3,4)5/h12-13H,1,8-10H2,2-7H3/t12-,13+/m1/s1. The second-order valence-corrected chi connectivity index (χ2v) is 6.92. The normalized spacial score (nSPS) is 25.2. The average Bonchev–Trinajstić information content (AvgIpc) is 2.20. The van der Waals surface area contributed by atoms with Crippen molar-refractivity contribution < 1.29 is 23.7 Å². The van der Waals surface area contributed by atoms with Crippen molar-refractivity contribution in [3.05, 3.63) is 12.3 Å². The van der Waals surface area contributed by atoms with Gasteiger partial charge in [-0.05, 0) is 41.5 Å². The predicted molar refractivity (Wildman–Crippen MR) is 79.7 cm³/mol. The van der Waals surface area contributed by atoms with Gasteiger partial charge in [0.2, 0.25) is 0 Å². The van der Waals surface area contributed by atoms with E-state index in [9.17, 15) is 4.79 Å². The number of carbonyl (C=O) groups is 1. The fourth-order valence-electron chi connectivity index (χ4n) is 2.25. The number of rotatable bonds is 5. The highest BCUT2D eigenvalue weighted by Crippen LogP contribution is 2.29. The van der Waals surface area contributed by atoms with Crippen molar-refractivity contribution >= 4 is 5.97 Å². The number of carbonyl (C=O) groups excluding carboxylic acids is 1. The summed E-state index contributed by atoms with van der Waals surface area (Å²) < 4.78 is 22.3. The van der Waals surface area contributed by atoms with Crippen molar-refractivity contribution in [3.63, 3.8) is 0 Å². The van der Waals surface area contributed by atoms with Crippen LogP contribution >= 0.6 is 0 Å². The molecule has 1 saturated heterocycles. The van der Waals surface area contributed by atoms with E-state index in [-0.39, 0.29) is 24.6 Å². The van der Waals surface area contributed by atoms with E-state index in [4.69, 9.17) is 18.9 Å². The summed E-state index contributed by atoms with van der Waals surface area (Å²) in [5, 5.41) is 0. The van der Waals surface area contributed by atoms with Gasteiger partial charge in [-0.25, -0.2) is 0 Å². The van der Waals surface area contributed by atoms with Crippen LogP contribution in [-0.2, 0) is 23.7 Å². The molecular formula is C16H28O5. The molecule has 0 saturated carbocycles. The van der Waals surface area contributed by atoms with Crippen LogP contribution < -0.4 is 0 Å². The highest BCUT2D eigenvalue weighted by molar-refractivity contribution is 5.70. The Morgan fingerprint density at radius 2 is 1.86 bits per heavy atom. The van der Waals surface area contributed by atoms with Crippen molar-refractivity contribution in [1.29, 1.82) is 0 Å². The van der Waals surface area contributed by atoms with E-state index >= 15 is 0 Å². The van der Waals surface area contributed by atoms with Crippen LogP contribution in [0.15, 0.2) is 12.3 Å². The van der Waals surface area contributed by atoms with Gasteiger partial charge in [0.25, 0.3) is 0 Å². The van der Waals surface area contributed by atoms with Crippen LogP contribution in [0.1, 0.15) is 54.4 Å². The van der Waals surface area contributed by atoms with E-state index < -0.39 is 11.4 Å². The Bertz CT molecular complexity index is 381. The summed E-state index contributed by atoms with van der Waals surface area (Å²) in [6.07, 6.45) is 0.448. The van der Waals surface area contributed by atoms with Gasteiger partial charge in [0.1, 0.15) is 12.2 Å². The monoisotopic (exact) mass is 300 g/mol. The second-order valence-electron chi connectivity index (χ2n) is 6.92. The number of esters is 1. The van der Waals surface area contributed by atoms with Crippen LogP contribution in [0.5, 0.6) is 0 Å². The average molecular weight is 300 g/mol. The third kappa shape index (κ3) is 7.48. The molecule has 1 aliphatic heterocycles. The minimum absolute atomic E-state index is 0.127. The summed E-state index contributed by atoms with van der Waals surface area (Å²) in [6.45, 7) is 15.1. The Balaban J connectivity index is 2.57. The molecule has 0 radical (unpaired) electrons. The molecule has 0 unspecified atom stereocenters. The predicted octanol–water partition coefficient (Wildman–Crippen LogP) is 3.18. The molecule has 1 aliphatic rings. The van der Waals surface area contributed by atoms with Crippen LogP contribution in [0.4, 0.5) is 0 Å². The van der Waals surface area contributed by atoms with Gasteiger partial charge in [-0.2, -0.15) is 0 Å². The lowest BCUT2D eigenvalue weighted by molar-refractivity contribution is -0.304. The van der Waals surface area contributed by atoms with Gasteiger partial charge in [-0.3, -0.25) is 4.79 Å². The Morgan fingerprint density at radius 1 is 1.29 bits per heavy atom. The molecule has 0 aromatic rings. The van der Waals surface area contributed by atoms with E-state index in [1.54, 1.807) is 6.92 Å². The fraction of sp³-hybridized carbons (Fsp3) is 0.812. The van der Waals surface area contributed by atoms with E-state index in [1.807, 2.05) is 34.6 Å². The minimum Gasteiger partial charge on any atom is -0.496 e. The lowest BCUT2D eigenvalue weighted by Crippen LogP contribution is -2.47. The molecule has 0 spiro atoms. The largest absolute Gasteiger partial charge is 0.496 e. The molecule has 1 fully saturated rings. The van der Waals surface area contributed by atoms with Gasteiger partial charge in [-0.15, -0.1) is 0 Å². The third-order valence-electron chi connectivity index (χ3n) is 2.76. The van der Waals surface area contributed by atoms with Gasteiger partial charge in [0, 0.05) is 6.42 Å². The Kier molecular flexibility index (Phi) is 5.82. The summed E-state index contributed by atoms with van der Waals surface area (Å²) >= 11 is 0. The van der Waals surface area contributed by atoms with E-state index in [0.717, 1.165) is 0 Å². The van der Waals surface area contributed by atoms with Crippen LogP contribution in [-0.4, -0.2) is 36.2 Å². The van der Waals surface area contributed by atoms with Gasteiger partial charge < -0.3 is 18.9 Å². The van der Waals surface area contributed by atoms with Gasteiger partial charge in [0.15, 0.2) is 5.79 Å². The van der Waals surface area contributed by atoms with Crippen LogP contribution in [0.3, 0.4) is 0 Å². The Labute approximate surface area is 127 Å². The highest BCUT2D eigenvalue weighted by Gasteiger charge is 2.37. The molecule has 0 N–H and O–H groups in total. The fourth-order valence-corrected chi connectivity index (χ4v) is 2.25. The van der Waals surface area contributed by atoms with Gasteiger partial charge >= 0.3 is 5.97 Å². The maximum atomic E-state index is 11.9. The molecule has 5 heteroatoms. The maximum Gasteiger partial charge on any atom is 0.308 e. The van der Waals surface area contributed by atoms with Gasteiger partial charge in [-0.1, -0.05) is 6.58 Å². The summed E-state index contributed by atoms with van der Waals surface area (Å²) in [5.74, 6) is -0.357. The van der Waals surface area contributed by atoms with Crippen molar-refractivity contribution in [2.45, 2.75) is 78.0 Å². The zero-order valence-electron chi connectivity index (χ0n) is 14.0. The SMILES string of the molecule is C=C(C)OC[C@@H]1C[C@H](CC(=O)OC(C)(C)C)OC(C)(C)O1. The summed E-state index contributed by atoms with van der Waals surface area (Å²) in [6, 6.07) is 0. The number of hydrogen-bond acceptors (Lipinski definition) is 5. The molecule has 0 aliphatic carbocycles. The number of allylic oxidation sites excluding steroid dienone is 1. The van der Waals surface area contributed by atoms with Crippen LogP contribution in [0.2, 0.25) is 0 Å². The van der Waals surface area contributed by atoms with E-state index in [2.05, 4.69) is 6.58 Å². The number of hydrogen-bond donors (Lipinski definition) is 0. The van der Waals surface area contributed by atoms with Crippen LogP contribution in [0.25, 0.3) is 0 Å². The van der Waals surface area contributed by atoms with Crippen molar-refractivity contribution in [2.24, 2.45) is 0 Å². The highest BCUT2D eigenvalue weighted by atomic mass is 16.7. The first kappa shape index (κ1) is 18.0. The maximum absolute atomic E-state index is 11.9. The van der Waals surface area contributed by atoms with Crippen LogP contribution in [0, 0.1) is 0 Å².